The van der Waals surface area contributed by atoms with Crippen LogP contribution in [-0.4, -0.2) is 98.8 Å². The summed E-state index contributed by atoms with van der Waals surface area (Å²) < 4.78 is 0. The number of carbonyl (C=O) groups excluding carboxylic acids is 3. The lowest BCUT2D eigenvalue weighted by atomic mass is 10.1. The van der Waals surface area contributed by atoms with Crippen molar-refractivity contribution in [1.82, 2.24) is 24.7 Å². The second kappa shape index (κ2) is 12.4. The van der Waals surface area contributed by atoms with Gasteiger partial charge in [0.15, 0.2) is 0 Å². The molecule has 2 saturated heterocycles. The van der Waals surface area contributed by atoms with E-state index in [1.165, 1.54) is 23.7 Å². The van der Waals surface area contributed by atoms with Crippen LogP contribution in [0.1, 0.15) is 47.1 Å². The van der Waals surface area contributed by atoms with Gasteiger partial charge in [0, 0.05) is 68.5 Å². The molecule has 228 valence electrons. The summed E-state index contributed by atoms with van der Waals surface area (Å²) in [6.45, 7) is 10.4. The number of benzene rings is 1. The van der Waals surface area contributed by atoms with Gasteiger partial charge in [-0.1, -0.05) is 17.7 Å². The van der Waals surface area contributed by atoms with E-state index >= 15 is 0 Å². The molecule has 0 saturated carbocycles. The van der Waals surface area contributed by atoms with Gasteiger partial charge in [-0.05, 0) is 57.4 Å². The van der Waals surface area contributed by atoms with E-state index in [9.17, 15) is 24.3 Å². The lowest BCUT2D eigenvalue weighted by Crippen LogP contribution is -2.42. The summed E-state index contributed by atoms with van der Waals surface area (Å²) >= 11 is 6.41. The highest BCUT2D eigenvalue weighted by Crippen LogP contribution is 2.32. The van der Waals surface area contributed by atoms with Gasteiger partial charge in [0.1, 0.15) is 12.4 Å². The van der Waals surface area contributed by atoms with E-state index < -0.39 is 17.9 Å². The average molecular weight is 609 g/mol. The van der Waals surface area contributed by atoms with Crippen LogP contribution in [0.3, 0.4) is 0 Å². The van der Waals surface area contributed by atoms with E-state index in [0.717, 1.165) is 25.2 Å². The number of carboxylic acid groups (broad SMARTS) is 1. The van der Waals surface area contributed by atoms with Crippen molar-refractivity contribution in [2.24, 2.45) is 11.8 Å². The third-order valence-corrected chi connectivity index (χ3v) is 9.18. The van der Waals surface area contributed by atoms with Gasteiger partial charge < -0.3 is 19.8 Å². The number of amides is 3. The third-order valence-electron chi connectivity index (χ3n) is 8.77. The number of likely N-dealkylation sites (tertiary alicyclic amines) is 2. The Kier molecular flexibility index (Phi) is 8.84. The smallest absolute Gasteiger partial charge is 0.326 e. The van der Waals surface area contributed by atoms with Crippen molar-refractivity contribution in [2.75, 3.05) is 44.2 Å². The molecule has 3 atom stereocenters. The predicted octanol–water partition coefficient (Wildman–Crippen LogP) is 3.07. The molecule has 2 aromatic rings. The Morgan fingerprint density at radius 1 is 1.12 bits per heavy atom. The minimum Gasteiger partial charge on any atom is -0.480 e. The molecule has 0 aliphatic carbocycles. The molecule has 3 unspecified atom stereocenters. The number of hydrogen-bond acceptors (Lipinski definition) is 7. The standard InChI is InChI=1S/C31H37ClN6O5/c1-18-6-7-25(11-26(18)32)37(29(40)22-10-27(39)38(16-22)21(4)31(42)43)9-5-8-35-12-23-14-36(15-24(23)13-35)30(41)28-19(2)33-17-34-20(28)3/h6-7,11,14,17,21-22,24H,5,8-10,12-13,15-16H2,1-4H3,(H,42,43). The molecule has 1 aromatic carbocycles. The molecule has 3 aliphatic heterocycles. The van der Waals surface area contributed by atoms with Crippen LogP contribution in [0.25, 0.3) is 0 Å². The molecule has 1 N–H and O–H groups in total. The van der Waals surface area contributed by atoms with Crippen molar-refractivity contribution < 1.29 is 24.3 Å². The van der Waals surface area contributed by atoms with E-state index in [2.05, 4.69) is 14.9 Å². The van der Waals surface area contributed by atoms with Gasteiger partial charge >= 0.3 is 5.97 Å². The quantitative estimate of drug-likeness (QED) is 0.460. The lowest BCUT2D eigenvalue weighted by molar-refractivity contribution is -0.147. The molecular weight excluding hydrogens is 572 g/mol. The molecule has 2 fully saturated rings. The van der Waals surface area contributed by atoms with Gasteiger partial charge in [0.2, 0.25) is 11.8 Å². The maximum Gasteiger partial charge on any atom is 0.326 e. The first-order valence-electron chi connectivity index (χ1n) is 14.6. The summed E-state index contributed by atoms with van der Waals surface area (Å²) in [5.74, 6) is -2.08. The van der Waals surface area contributed by atoms with Crippen molar-refractivity contribution in [3.63, 3.8) is 0 Å². The molecule has 11 nitrogen and oxygen atoms in total. The van der Waals surface area contributed by atoms with Crippen LogP contribution < -0.4 is 4.90 Å². The number of fused-ring (bicyclic) bond motifs is 1. The van der Waals surface area contributed by atoms with Crippen molar-refractivity contribution in [2.45, 2.75) is 46.6 Å². The number of carboxylic acids is 1. The van der Waals surface area contributed by atoms with E-state index in [1.807, 2.05) is 39.1 Å². The molecule has 43 heavy (non-hydrogen) atoms. The van der Waals surface area contributed by atoms with E-state index in [4.69, 9.17) is 11.6 Å². The molecule has 0 spiro atoms. The number of nitrogens with zero attached hydrogens (tertiary/aromatic N) is 6. The van der Waals surface area contributed by atoms with Crippen LogP contribution in [0.5, 0.6) is 0 Å². The zero-order valence-corrected chi connectivity index (χ0v) is 25.7. The fourth-order valence-electron chi connectivity index (χ4n) is 6.24. The zero-order chi connectivity index (χ0) is 31.0. The van der Waals surface area contributed by atoms with Crippen molar-refractivity contribution in [3.05, 3.63) is 63.8 Å². The second-order valence-electron chi connectivity index (χ2n) is 11.8. The Bertz CT molecular complexity index is 1470. The van der Waals surface area contributed by atoms with Crippen LogP contribution in [0.15, 0.2) is 36.3 Å². The molecule has 4 heterocycles. The Balaban J connectivity index is 1.23. The molecule has 0 bridgehead atoms. The Morgan fingerprint density at radius 2 is 1.84 bits per heavy atom. The normalized spacial score (nSPS) is 20.8. The maximum absolute atomic E-state index is 13.8. The summed E-state index contributed by atoms with van der Waals surface area (Å²) in [5, 5.41) is 9.93. The Labute approximate surface area is 256 Å². The monoisotopic (exact) mass is 608 g/mol. The fraction of sp³-hybridized carbons (Fsp3) is 0.484. The number of halogens is 1. The van der Waals surface area contributed by atoms with Crippen molar-refractivity contribution >= 4 is 41.0 Å². The van der Waals surface area contributed by atoms with Gasteiger partial charge in [-0.15, -0.1) is 0 Å². The van der Waals surface area contributed by atoms with E-state index in [-0.39, 0.29) is 36.6 Å². The summed E-state index contributed by atoms with van der Waals surface area (Å²) in [4.78, 5) is 66.5. The fourth-order valence-corrected chi connectivity index (χ4v) is 6.42. The summed E-state index contributed by atoms with van der Waals surface area (Å²) in [6.07, 6.45) is 4.11. The third kappa shape index (κ3) is 6.28. The van der Waals surface area contributed by atoms with Crippen LogP contribution >= 0.6 is 11.6 Å². The van der Waals surface area contributed by atoms with Gasteiger partial charge in [-0.3, -0.25) is 19.3 Å². The summed E-state index contributed by atoms with van der Waals surface area (Å²) in [7, 11) is 0. The highest BCUT2D eigenvalue weighted by Gasteiger charge is 2.41. The van der Waals surface area contributed by atoms with E-state index in [1.54, 1.807) is 15.9 Å². The van der Waals surface area contributed by atoms with Crippen molar-refractivity contribution in [3.8, 4) is 0 Å². The highest BCUT2D eigenvalue weighted by molar-refractivity contribution is 6.31. The molecule has 1 aromatic heterocycles. The topological polar surface area (TPSA) is 127 Å². The molecule has 3 amide bonds. The number of aromatic nitrogens is 2. The van der Waals surface area contributed by atoms with Crippen LogP contribution in [-0.2, 0) is 14.4 Å². The number of rotatable bonds is 9. The number of aliphatic carboxylic acids is 1. The van der Waals surface area contributed by atoms with Crippen LogP contribution in [0.2, 0.25) is 5.02 Å². The summed E-state index contributed by atoms with van der Waals surface area (Å²) in [6, 6.07) is 4.49. The molecule has 5 rings (SSSR count). The van der Waals surface area contributed by atoms with Gasteiger partial charge in [-0.2, -0.15) is 0 Å². The number of hydrogen-bond donors (Lipinski definition) is 1. The van der Waals surface area contributed by atoms with Gasteiger partial charge in [-0.25, -0.2) is 14.8 Å². The van der Waals surface area contributed by atoms with E-state index in [0.29, 0.717) is 47.2 Å². The average Bonchev–Trinajstić information content (AvgIpc) is 3.65. The molecule has 12 heteroatoms. The van der Waals surface area contributed by atoms with Crippen LogP contribution in [0.4, 0.5) is 5.69 Å². The maximum atomic E-state index is 13.8. The molecule has 0 radical (unpaired) electrons. The van der Waals surface area contributed by atoms with Crippen LogP contribution in [0, 0.1) is 32.6 Å². The first-order valence-corrected chi connectivity index (χ1v) is 14.9. The number of carbonyl (C=O) groups is 4. The lowest BCUT2D eigenvalue weighted by Gasteiger charge is -2.28. The predicted molar refractivity (Wildman–Crippen MR) is 161 cm³/mol. The first kappa shape index (κ1) is 30.6. The number of anilines is 1. The molecule has 3 aliphatic rings. The highest BCUT2D eigenvalue weighted by atomic mass is 35.5. The second-order valence-corrected chi connectivity index (χ2v) is 12.2. The minimum atomic E-state index is -1.10. The van der Waals surface area contributed by atoms with Gasteiger partial charge in [0.05, 0.1) is 22.9 Å². The zero-order valence-electron chi connectivity index (χ0n) is 24.9. The minimum absolute atomic E-state index is 0.0160. The van der Waals surface area contributed by atoms with Crippen molar-refractivity contribution in [1.29, 1.82) is 0 Å². The Hall–Kier alpha value is -3.83. The summed E-state index contributed by atoms with van der Waals surface area (Å²) in [5.41, 5.74) is 4.68. The van der Waals surface area contributed by atoms with Gasteiger partial charge in [0.25, 0.3) is 5.91 Å². The number of aryl methyl sites for hydroxylation is 3. The Morgan fingerprint density at radius 3 is 2.49 bits per heavy atom. The largest absolute Gasteiger partial charge is 0.480 e. The first-order chi connectivity index (χ1) is 20.4. The molecular formula is C31H37ClN6O5. The SMILES string of the molecule is Cc1ccc(N(CCCN2CC3=CN(C(=O)c4c(C)ncnc4C)CC3C2)C(=O)C2CC(=O)N(C(C)C(=O)O)C2)cc1Cl.